The molecule has 5 rings (SSSR count). The molecule has 0 bridgehead atoms. The summed E-state index contributed by atoms with van der Waals surface area (Å²) in [6.07, 6.45) is 6.31. The van der Waals surface area contributed by atoms with Gasteiger partial charge in [0, 0.05) is 31.1 Å². The number of aromatic nitrogens is 4. The van der Waals surface area contributed by atoms with E-state index in [0.717, 1.165) is 5.69 Å². The van der Waals surface area contributed by atoms with Crippen LogP contribution in [0.15, 0.2) is 84.3 Å². The lowest BCUT2D eigenvalue weighted by molar-refractivity contribution is -0.131. The number of anilines is 1. The van der Waals surface area contributed by atoms with Gasteiger partial charge in [0.25, 0.3) is 5.91 Å². The second kappa shape index (κ2) is 14.1. The minimum atomic E-state index is -3.42. The molecular weight excluding hydrogens is 610 g/mol. The minimum absolute atomic E-state index is 0.0586. The third-order valence-electron chi connectivity index (χ3n) is 7.38. The maximum Gasteiger partial charge on any atom is 0.345 e. The summed E-state index contributed by atoms with van der Waals surface area (Å²) in [4.78, 5) is 24.1. The molecule has 0 unspecified atom stereocenters. The number of benzene rings is 1. The molecule has 3 aromatic heterocycles. The van der Waals surface area contributed by atoms with Gasteiger partial charge in [0.15, 0.2) is 9.84 Å². The summed E-state index contributed by atoms with van der Waals surface area (Å²) in [7, 11) is -3.42. The number of carbonyl (C=O) groups is 1. The van der Waals surface area contributed by atoms with Gasteiger partial charge in [-0.3, -0.25) is 4.79 Å². The molecule has 1 aliphatic heterocycles. The van der Waals surface area contributed by atoms with Crippen molar-refractivity contribution in [1.82, 2.24) is 25.1 Å². The molecule has 1 aromatic carbocycles. The summed E-state index contributed by atoms with van der Waals surface area (Å²) >= 11 is 0. The molecule has 1 aliphatic rings. The number of hydrogen-bond donors (Lipinski definition) is 2. The Hall–Kier alpha value is -4.47. The van der Waals surface area contributed by atoms with Crippen LogP contribution < -0.4 is 15.0 Å². The molecule has 0 radical (unpaired) electrons. The highest BCUT2D eigenvalue weighted by Gasteiger charge is 2.37. The molecule has 1 saturated heterocycles. The van der Waals surface area contributed by atoms with E-state index in [1.807, 2.05) is 0 Å². The summed E-state index contributed by atoms with van der Waals surface area (Å²) in [5.74, 6) is -0.0753. The Labute approximate surface area is 258 Å². The van der Waals surface area contributed by atoms with Gasteiger partial charge in [-0.05, 0) is 42.0 Å². The monoisotopic (exact) mass is 642 g/mol. The normalized spacial score (nSPS) is 17.4. The Kier molecular flexibility index (Phi) is 10.0. The summed E-state index contributed by atoms with van der Waals surface area (Å²) in [6, 6.07) is 12.8. The fourth-order valence-corrected chi connectivity index (χ4v) is 5.96. The Morgan fingerprint density at radius 3 is 2.56 bits per heavy atom. The summed E-state index contributed by atoms with van der Waals surface area (Å²) in [5, 5.41) is 17.0. The molecule has 3 atom stereocenters. The zero-order chi connectivity index (χ0) is 32.0. The Balaban J connectivity index is 1.34. The smallest absolute Gasteiger partial charge is 0.345 e. The standard InChI is InChI=1S/C30H32F2N6O6S/c1-2-45(41,42)24-9-6-20(7-10-24)26(18-39)36-29(40)25-5-3-12-33-28(25)37-17-23(15-22(37)19-43-30(31)32)44-27-11-8-21(16-34-27)38-14-4-13-35-38/h3-14,16,22-23,26,30,39H,2,15,17-19H2,1H3,(H,36,40)/t22-,23-,26-/m0/s1. The molecule has 1 amide bonds. The molecule has 0 aliphatic carbocycles. The van der Waals surface area contributed by atoms with E-state index in [1.165, 1.54) is 36.5 Å². The van der Waals surface area contributed by atoms with Crippen molar-refractivity contribution in [3.63, 3.8) is 0 Å². The molecule has 0 saturated carbocycles. The summed E-state index contributed by atoms with van der Waals surface area (Å²) < 4.78 is 62.8. The number of nitrogens with zero attached hydrogens (tertiary/aromatic N) is 5. The topological polar surface area (TPSA) is 149 Å². The fourth-order valence-electron chi connectivity index (χ4n) is 5.08. The molecule has 45 heavy (non-hydrogen) atoms. The fraction of sp³-hybridized carbons (Fsp3) is 0.333. The van der Waals surface area contributed by atoms with E-state index in [0.29, 0.717) is 17.9 Å². The van der Waals surface area contributed by atoms with Crippen molar-refractivity contribution in [2.75, 3.05) is 30.4 Å². The number of halogens is 2. The lowest BCUT2D eigenvalue weighted by atomic mass is 10.1. The van der Waals surface area contributed by atoms with Crippen molar-refractivity contribution in [2.24, 2.45) is 0 Å². The van der Waals surface area contributed by atoms with Crippen LogP contribution in [0, 0.1) is 0 Å². The first-order valence-corrected chi connectivity index (χ1v) is 15.8. The highest BCUT2D eigenvalue weighted by atomic mass is 32.2. The molecule has 4 aromatic rings. The van der Waals surface area contributed by atoms with E-state index in [4.69, 9.17) is 4.74 Å². The van der Waals surface area contributed by atoms with Crippen molar-refractivity contribution in [3.8, 4) is 11.6 Å². The number of rotatable bonds is 13. The largest absolute Gasteiger partial charge is 0.472 e. The maximum absolute atomic E-state index is 13.5. The number of pyridine rings is 2. The second-order valence-corrected chi connectivity index (χ2v) is 12.5. The first kappa shape index (κ1) is 31.9. The molecule has 4 heterocycles. The van der Waals surface area contributed by atoms with Gasteiger partial charge in [-0.15, -0.1) is 0 Å². The van der Waals surface area contributed by atoms with Gasteiger partial charge in [0.1, 0.15) is 11.9 Å². The average Bonchev–Trinajstić information content (AvgIpc) is 3.74. The van der Waals surface area contributed by atoms with E-state index >= 15 is 0 Å². The number of alkyl halides is 2. The SMILES string of the molecule is CCS(=O)(=O)c1ccc([C@H](CO)NC(=O)c2cccnc2N2C[C@@H](Oc3ccc(-n4cccn4)cn3)C[C@H]2COC(F)F)cc1. The number of amides is 1. The van der Waals surface area contributed by atoms with E-state index in [1.54, 1.807) is 59.4 Å². The van der Waals surface area contributed by atoms with Crippen molar-refractivity contribution < 1.29 is 36.6 Å². The van der Waals surface area contributed by atoms with Crippen LogP contribution in [0.4, 0.5) is 14.6 Å². The van der Waals surface area contributed by atoms with E-state index in [9.17, 15) is 27.1 Å². The number of hydrogen-bond acceptors (Lipinski definition) is 10. The highest BCUT2D eigenvalue weighted by molar-refractivity contribution is 7.91. The van der Waals surface area contributed by atoms with Crippen LogP contribution in [0.5, 0.6) is 5.88 Å². The van der Waals surface area contributed by atoms with Crippen molar-refractivity contribution >= 4 is 21.6 Å². The number of ether oxygens (including phenoxy) is 2. The highest BCUT2D eigenvalue weighted by Crippen LogP contribution is 2.30. The first-order valence-electron chi connectivity index (χ1n) is 14.2. The molecule has 1 fully saturated rings. The average molecular weight is 643 g/mol. The zero-order valence-electron chi connectivity index (χ0n) is 24.2. The molecule has 12 nitrogen and oxygen atoms in total. The molecular formula is C30H32F2N6O6S. The van der Waals surface area contributed by atoms with Gasteiger partial charge in [-0.25, -0.2) is 23.1 Å². The molecule has 15 heteroatoms. The van der Waals surface area contributed by atoms with Gasteiger partial charge in [0.2, 0.25) is 5.88 Å². The van der Waals surface area contributed by atoms with Crippen LogP contribution in [-0.2, 0) is 14.6 Å². The Morgan fingerprint density at radius 1 is 1.11 bits per heavy atom. The van der Waals surface area contributed by atoms with Crippen LogP contribution >= 0.6 is 0 Å². The lowest BCUT2D eigenvalue weighted by Crippen LogP contribution is -2.38. The lowest BCUT2D eigenvalue weighted by Gasteiger charge is -2.27. The maximum atomic E-state index is 13.5. The van der Waals surface area contributed by atoms with Crippen molar-refractivity contribution in [1.29, 1.82) is 0 Å². The molecule has 238 valence electrons. The van der Waals surface area contributed by atoms with Crippen LogP contribution in [0.2, 0.25) is 0 Å². The van der Waals surface area contributed by atoms with Crippen molar-refractivity contribution in [2.45, 2.75) is 43.0 Å². The number of aliphatic hydroxyl groups is 1. The molecule has 0 spiro atoms. The summed E-state index contributed by atoms with van der Waals surface area (Å²) in [6.45, 7) is -2.04. The van der Waals surface area contributed by atoms with E-state index in [-0.39, 0.29) is 35.2 Å². The van der Waals surface area contributed by atoms with E-state index in [2.05, 4.69) is 25.1 Å². The number of nitrogens with one attached hydrogen (secondary N) is 1. The first-order chi connectivity index (χ1) is 21.7. The summed E-state index contributed by atoms with van der Waals surface area (Å²) in [5.41, 5.74) is 1.37. The third kappa shape index (κ3) is 7.61. The minimum Gasteiger partial charge on any atom is -0.472 e. The zero-order valence-corrected chi connectivity index (χ0v) is 25.1. The number of sulfone groups is 1. The second-order valence-electron chi connectivity index (χ2n) is 10.2. The predicted octanol–water partition coefficient (Wildman–Crippen LogP) is 3.18. The quantitative estimate of drug-likeness (QED) is 0.223. The Bertz CT molecular complexity index is 1670. The van der Waals surface area contributed by atoms with Crippen molar-refractivity contribution in [3.05, 3.63) is 90.5 Å². The van der Waals surface area contributed by atoms with Gasteiger partial charge < -0.3 is 24.8 Å². The van der Waals surface area contributed by atoms with Gasteiger partial charge in [0.05, 0.1) is 59.9 Å². The number of carbonyl (C=O) groups excluding carboxylic acids is 1. The third-order valence-corrected chi connectivity index (χ3v) is 9.13. The van der Waals surface area contributed by atoms with Crippen LogP contribution in [0.3, 0.4) is 0 Å². The Morgan fingerprint density at radius 2 is 1.91 bits per heavy atom. The van der Waals surface area contributed by atoms with Gasteiger partial charge in [-0.1, -0.05) is 19.1 Å². The van der Waals surface area contributed by atoms with Crippen LogP contribution in [0.1, 0.15) is 35.3 Å². The van der Waals surface area contributed by atoms with Crippen LogP contribution in [0.25, 0.3) is 5.69 Å². The van der Waals surface area contributed by atoms with Gasteiger partial charge in [-0.2, -0.15) is 13.9 Å². The van der Waals surface area contributed by atoms with Gasteiger partial charge >= 0.3 is 6.61 Å². The predicted molar refractivity (Wildman–Crippen MR) is 159 cm³/mol. The van der Waals surface area contributed by atoms with Crippen LogP contribution in [-0.4, -0.2) is 83.4 Å². The number of aliphatic hydroxyl groups excluding tert-OH is 1. The van der Waals surface area contributed by atoms with E-state index < -0.39 is 47.2 Å². The molecule has 2 N–H and O–H groups in total.